The first-order valence-electron chi connectivity index (χ1n) is 15.6. The minimum absolute atomic E-state index is 0.0294. The number of halogens is 1. The molecule has 0 heterocycles. The number of rotatable bonds is 14. The first-order valence-corrected chi connectivity index (χ1v) is 17.0. The quantitative estimate of drug-likeness (QED) is 0.171. The highest BCUT2D eigenvalue weighted by Crippen LogP contribution is 2.29. The number of para-hydroxylation sites is 1. The Hall–Kier alpha value is -4.50. The SMILES string of the molecule is CCc1ccccc1N(CC(=O)N(Cc1ccc(F)cc1)[C@H](Cc1ccccc1)C(=O)N[C@@H](C)CC)S(=O)(=O)c1ccc(C)cc1. The average Bonchev–Trinajstić information content (AvgIpc) is 3.06. The number of nitrogens with zero attached hydrogens (tertiary/aromatic N) is 2. The van der Waals surface area contributed by atoms with Crippen LogP contribution in [0.1, 0.15) is 49.4 Å². The van der Waals surface area contributed by atoms with Gasteiger partial charge in [-0.25, -0.2) is 12.8 Å². The fourth-order valence-corrected chi connectivity index (χ4v) is 6.64. The Morgan fingerprint density at radius 3 is 2.09 bits per heavy atom. The Kier molecular flexibility index (Phi) is 11.7. The molecule has 4 aromatic rings. The summed E-state index contributed by atoms with van der Waals surface area (Å²) in [5, 5.41) is 3.02. The molecule has 242 valence electrons. The van der Waals surface area contributed by atoms with Crippen molar-refractivity contribution in [1.29, 1.82) is 0 Å². The summed E-state index contributed by atoms with van der Waals surface area (Å²) >= 11 is 0. The molecule has 0 aromatic heterocycles. The fraction of sp³-hybridized carbons (Fsp3) is 0.297. The molecule has 0 bridgehead atoms. The second-order valence-electron chi connectivity index (χ2n) is 11.5. The molecule has 0 aliphatic heterocycles. The second-order valence-corrected chi connectivity index (χ2v) is 13.3. The zero-order valence-electron chi connectivity index (χ0n) is 26.8. The largest absolute Gasteiger partial charge is 0.352 e. The first kappa shape index (κ1) is 34.4. The third kappa shape index (κ3) is 8.60. The van der Waals surface area contributed by atoms with Crippen LogP contribution in [0.25, 0.3) is 0 Å². The van der Waals surface area contributed by atoms with E-state index < -0.39 is 34.3 Å². The molecule has 4 aromatic carbocycles. The Morgan fingerprint density at radius 2 is 1.46 bits per heavy atom. The van der Waals surface area contributed by atoms with Gasteiger partial charge in [0, 0.05) is 19.0 Å². The van der Waals surface area contributed by atoms with Gasteiger partial charge in [0.25, 0.3) is 10.0 Å². The third-order valence-corrected chi connectivity index (χ3v) is 9.84. The second kappa shape index (κ2) is 15.7. The van der Waals surface area contributed by atoms with E-state index in [-0.39, 0.29) is 29.8 Å². The zero-order chi connectivity index (χ0) is 33.3. The highest BCUT2D eigenvalue weighted by atomic mass is 32.2. The van der Waals surface area contributed by atoms with Crippen molar-refractivity contribution in [3.8, 4) is 0 Å². The van der Waals surface area contributed by atoms with Crippen LogP contribution < -0.4 is 9.62 Å². The predicted octanol–water partition coefficient (Wildman–Crippen LogP) is 6.45. The van der Waals surface area contributed by atoms with Gasteiger partial charge in [0.05, 0.1) is 10.6 Å². The molecule has 1 N–H and O–H groups in total. The fourth-order valence-electron chi connectivity index (χ4n) is 5.19. The van der Waals surface area contributed by atoms with Crippen LogP contribution >= 0.6 is 0 Å². The summed E-state index contributed by atoms with van der Waals surface area (Å²) in [6.45, 7) is 7.06. The van der Waals surface area contributed by atoms with Crippen LogP contribution in [0.5, 0.6) is 0 Å². The van der Waals surface area contributed by atoms with Gasteiger partial charge in [-0.3, -0.25) is 13.9 Å². The molecular formula is C37H42FN3O4S. The van der Waals surface area contributed by atoms with Crippen molar-refractivity contribution in [3.05, 3.63) is 131 Å². The number of amides is 2. The van der Waals surface area contributed by atoms with E-state index in [4.69, 9.17) is 0 Å². The van der Waals surface area contributed by atoms with Crippen molar-refractivity contribution in [2.75, 3.05) is 10.8 Å². The molecule has 2 amide bonds. The van der Waals surface area contributed by atoms with Crippen LogP contribution in [-0.4, -0.2) is 43.8 Å². The number of aryl methyl sites for hydroxylation is 2. The monoisotopic (exact) mass is 643 g/mol. The van der Waals surface area contributed by atoms with Gasteiger partial charge in [-0.15, -0.1) is 0 Å². The molecule has 2 atom stereocenters. The van der Waals surface area contributed by atoms with Crippen LogP contribution in [0.15, 0.2) is 108 Å². The van der Waals surface area contributed by atoms with Gasteiger partial charge in [0.15, 0.2) is 0 Å². The summed E-state index contributed by atoms with van der Waals surface area (Å²) in [5.41, 5.74) is 3.49. The maximum Gasteiger partial charge on any atom is 0.264 e. The summed E-state index contributed by atoms with van der Waals surface area (Å²) in [7, 11) is -4.20. The van der Waals surface area contributed by atoms with E-state index in [1.54, 1.807) is 36.4 Å². The van der Waals surface area contributed by atoms with E-state index in [0.29, 0.717) is 24.1 Å². The Morgan fingerprint density at radius 1 is 0.826 bits per heavy atom. The molecule has 46 heavy (non-hydrogen) atoms. The van der Waals surface area contributed by atoms with Crippen LogP contribution in [-0.2, 0) is 39.0 Å². The number of benzene rings is 4. The Balaban J connectivity index is 1.83. The van der Waals surface area contributed by atoms with Crippen molar-refractivity contribution in [2.24, 2.45) is 0 Å². The number of hydrogen-bond donors (Lipinski definition) is 1. The zero-order valence-corrected chi connectivity index (χ0v) is 27.6. The third-order valence-electron chi connectivity index (χ3n) is 8.07. The molecule has 0 spiro atoms. The summed E-state index contributed by atoms with van der Waals surface area (Å²) in [6, 6.07) is 27.6. The van der Waals surface area contributed by atoms with Gasteiger partial charge in [-0.05, 0) is 73.7 Å². The van der Waals surface area contributed by atoms with Crippen molar-refractivity contribution in [2.45, 2.75) is 70.5 Å². The summed E-state index contributed by atoms with van der Waals surface area (Å²) in [5.74, 6) is -1.34. The lowest BCUT2D eigenvalue weighted by Gasteiger charge is -2.34. The number of hydrogen-bond acceptors (Lipinski definition) is 4. The predicted molar refractivity (Wildman–Crippen MR) is 180 cm³/mol. The lowest BCUT2D eigenvalue weighted by Crippen LogP contribution is -2.54. The van der Waals surface area contributed by atoms with Crippen LogP contribution in [0.3, 0.4) is 0 Å². The summed E-state index contributed by atoms with van der Waals surface area (Å²) in [4.78, 5) is 30.0. The molecule has 0 aliphatic rings. The first-order chi connectivity index (χ1) is 22.0. The molecule has 4 rings (SSSR count). The Bertz CT molecular complexity index is 1710. The van der Waals surface area contributed by atoms with Gasteiger partial charge in [0.2, 0.25) is 11.8 Å². The van der Waals surface area contributed by atoms with Crippen LogP contribution in [0.2, 0.25) is 0 Å². The van der Waals surface area contributed by atoms with E-state index in [9.17, 15) is 22.4 Å². The topological polar surface area (TPSA) is 86.8 Å². The highest BCUT2D eigenvalue weighted by molar-refractivity contribution is 7.92. The molecule has 0 saturated heterocycles. The van der Waals surface area contributed by atoms with Crippen LogP contribution in [0, 0.1) is 12.7 Å². The van der Waals surface area contributed by atoms with E-state index in [0.717, 1.165) is 21.0 Å². The number of carbonyl (C=O) groups is 2. The maximum absolute atomic E-state index is 14.6. The molecule has 9 heteroatoms. The molecule has 0 unspecified atom stereocenters. The van der Waals surface area contributed by atoms with E-state index >= 15 is 0 Å². The summed E-state index contributed by atoms with van der Waals surface area (Å²) in [6.07, 6.45) is 1.43. The van der Waals surface area contributed by atoms with Crippen LogP contribution in [0.4, 0.5) is 10.1 Å². The lowest BCUT2D eigenvalue weighted by molar-refractivity contribution is -0.140. The number of nitrogens with one attached hydrogen (secondary N) is 1. The number of carbonyl (C=O) groups excluding carboxylic acids is 2. The van der Waals surface area contributed by atoms with Gasteiger partial charge < -0.3 is 10.2 Å². The molecule has 0 fully saturated rings. The maximum atomic E-state index is 14.6. The molecule has 7 nitrogen and oxygen atoms in total. The van der Waals surface area contributed by atoms with Crippen molar-refractivity contribution < 1.29 is 22.4 Å². The van der Waals surface area contributed by atoms with Gasteiger partial charge >= 0.3 is 0 Å². The number of sulfonamides is 1. The lowest BCUT2D eigenvalue weighted by atomic mass is 10.0. The molecule has 0 radical (unpaired) electrons. The minimum atomic E-state index is -4.20. The van der Waals surface area contributed by atoms with E-state index in [1.807, 2.05) is 70.2 Å². The van der Waals surface area contributed by atoms with Gasteiger partial charge in [0.1, 0.15) is 18.4 Å². The normalized spacial score (nSPS) is 12.6. The molecule has 0 saturated carbocycles. The highest BCUT2D eigenvalue weighted by Gasteiger charge is 2.35. The molecular weight excluding hydrogens is 601 g/mol. The van der Waals surface area contributed by atoms with E-state index in [1.165, 1.54) is 29.2 Å². The minimum Gasteiger partial charge on any atom is -0.352 e. The number of anilines is 1. The molecule has 0 aliphatic carbocycles. The average molecular weight is 644 g/mol. The standard InChI is InChI=1S/C37H42FN3O4S/c1-5-28(4)39-37(43)35(24-29-12-8-7-9-13-29)40(25-30-18-20-32(38)21-19-30)36(42)26-41(34-15-11-10-14-31(34)6-2)46(44,45)33-22-16-27(3)17-23-33/h7-23,28,35H,5-6,24-26H2,1-4H3,(H,39,43)/t28-,35+/m0/s1. The van der Waals surface area contributed by atoms with Crippen molar-refractivity contribution >= 4 is 27.5 Å². The van der Waals surface area contributed by atoms with Gasteiger partial charge in [-0.2, -0.15) is 0 Å². The van der Waals surface area contributed by atoms with Gasteiger partial charge in [-0.1, -0.05) is 92.2 Å². The van der Waals surface area contributed by atoms with E-state index in [2.05, 4.69) is 5.32 Å². The Labute approximate surface area is 272 Å². The van der Waals surface area contributed by atoms with Crippen molar-refractivity contribution in [3.63, 3.8) is 0 Å². The van der Waals surface area contributed by atoms with Crippen molar-refractivity contribution in [1.82, 2.24) is 10.2 Å². The smallest absolute Gasteiger partial charge is 0.264 e. The summed E-state index contributed by atoms with van der Waals surface area (Å²) < 4.78 is 43.6.